The Hall–Kier alpha value is -3.66. The number of hydrogen-bond acceptors (Lipinski definition) is 3. The summed E-state index contributed by atoms with van der Waals surface area (Å²) >= 11 is 0. The molecule has 1 amide bonds. The van der Waals surface area contributed by atoms with Crippen LogP contribution in [0.4, 0.5) is 5.69 Å². The number of para-hydroxylation sites is 1. The Morgan fingerprint density at radius 1 is 0.893 bits per heavy atom. The van der Waals surface area contributed by atoms with E-state index in [4.69, 9.17) is 9.73 Å². The molecule has 28 heavy (non-hydrogen) atoms. The molecule has 1 aliphatic heterocycles. The fraction of sp³-hybridized carbons (Fsp3) is 0.0833. The van der Waals surface area contributed by atoms with Gasteiger partial charge in [-0.25, -0.2) is 4.99 Å². The van der Waals surface area contributed by atoms with Gasteiger partial charge in [-0.05, 0) is 42.3 Å². The molecule has 0 atom stereocenters. The Balaban J connectivity index is 1.81. The highest BCUT2D eigenvalue weighted by Crippen LogP contribution is 2.30. The standard InChI is InChI=1S/C24H20N2O2/c1-17-8-6-7-11-22(17)26-23(19-9-4-3-5-10-19)25-21(24(26)27)16-18-12-14-20(28-2)15-13-18/h3-16H,1-2H3/b21-16+. The van der Waals surface area contributed by atoms with Crippen LogP contribution in [0.2, 0.25) is 0 Å². The second-order valence-corrected chi connectivity index (χ2v) is 6.53. The number of rotatable bonds is 4. The highest BCUT2D eigenvalue weighted by Gasteiger charge is 2.33. The zero-order valence-corrected chi connectivity index (χ0v) is 15.8. The van der Waals surface area contributed by atoms with Gasteiger partial charge in [-0.1, -0.05) is 60.7 Å². The first-order valence-electron chi connectivity index (χ1n) is 9.07. The molecule has 3 aromatic rings. The fourth-order valence-electron chi connectivity index (χ4n) is 3.19. The molecule has 4 heteroatoms. The number of benzene rings is 3. The van der Waals surface area contributed by atoms with Gasteiger partial charge in [0.05, 0.1) is 12.8 Å². The van der Waals surface area contributed by atoms with E-state index in [-0.39, 0.29) is 5.91 Å². The van der Waals surface area contributed by atoms with E-state index >= 15 is 0 Å². The highest BCUT2D eigenvalue weighted by atomic mass is 16.5. The summed E-state index contributed by atoms with van der Waals surface area (Å²) in [6.45, 7) is 2.00. The Kier molecular flexibility index (Phi) is 4.77. The average Bonchev–Trinajstić information content (AvgIpc) is 3.06. The first kappa shape index (κ1) is 17.7. The largest absolute Gasteiger partial charge is 0.497 e. The van der Waals surface area contributed by atoms with E-state index in [9.17, 15) is 4.79 Å². The van der Waals surface area contributed by atoms with Crippen molar-refractivity contribution >= 4 is 23.5 Å². The van der Waals surface area contributed by atoms with Crippen molar-refractivity contribution in [2.24, 2.45) is 4.99 Å². The normalized spacial score (nSPS) is 15.1. The number of aryl methyl sites for hydroxylation is 1. The lowest BCUT2D eigenvalue weighted by atomic mass is 10.1. The third-order valence-corrected chi connectivity index (χ3v) is 4.67. The topological polar surface area (TPSA) is 41.9 Å². The molecule has 4 rings (SSSR count). The van der Waals surface area contributed by atoms with Crippen molar-refractivity contribution in [3.05, 3.63) is 101 Å². The van der Waals surface area contributed by atoms with Gasteiger partial charge in [0.1, 0.15) is 17.3 Å². The summed E-state index contributed by atoms with van der Waals surface area (Å²) in [5.41, 5.74) is 4.06. The number of ether oxygens (including phenoxy) is 1. The van der Waals surface area contributed by atoms with Gasteiger partial charge in [0.15, 0.2) is 0 Å². The SMILES string of the molecule is COc1ccc(/C=C2/N=C(c3ccccc3)N(c3ccccc3C)C2=O)cc1. The van der Waals surface area contributed by atoms with Crippen molar-refractivity contribution in [2.45, 2.75) is 6.92 Å². The summed E-state index contributed by atoms with van der Waals surface area (Å²) in [6, 6.07) is 25.2. The zero-order valence-electron chi connectivity index (χ0n) is 15.8. The number of carbonyl (C=O) groups is 1. The molecule has 1 heterocycles. The molecular weight excluding hydrogens is 348 g/mol. The van der Waals surface area contributed by atoms with Crippen molar-refractivity contribution in [1.29, 1.82) is 0 Å². The maximum absolute atomic E-state index is 13.3. The summed E-state index contributed by atoms with van der Waals surface area (Å²) in [4.78, 5) is 19.7. The van der Waals surface area contributed by atoms with Crippen molar-refractivity contribution in [1.82, 2.24) is 0 Å². The van der Waals surface area contributed by atoms with Gasteiger partial charge in [-0.2, -0.15) is 0 Å². The molecule has 3 aromatic carbocycles. The minimum Gasteiger partial charge on any atom is -0.497 e. The van der Waals surface area contributed by atoms with E-state index in [0.29, 0.717) is 11.5 Å². The molecular formula is C24H20N2O2. The van der Waals surface area contributed by atoms with Crippen molar-refractivity contribution < 1.29 is 9.53 Å². The lowest BCUT2D eigenvalue weighted by Gasteiger charge is -2.20. The number of amides is 1. The number of anilines is 1. The van der Waals surface area contributed by atoms with Crippen LogP contribution < -0.4 is 9.64 Å². The van der Waals surface area contributed by atoms with Crippen LogP contribution in [0.3, 0.4) is 0 Å². The minimum absolute atomic E-state index is 0.135. The lowest BCUT2D eigenvalue weighted by molar-refractivity contribution is -0.113. The molecule has 0 saturated heterocycles. The van der Waals surface area contributed by atoms with E-state index in [1.807, 2.05) is 91.9 Å². The molecule has 0 spiro atoms. The maximum Gasteiger partial charge on any atom is 0.282 e. The van der Waals surface area contributed by atoms with Crippen LogP contribution >= 0.6 is 0 Å². The van der Waals surface area contributed by atoms with Gasteiger partial charge in [0, 0.05) is 5.56 Å². The number of methoxy groups -OCH3 is 1. The first-order chi connectivity index (χ1) is 13.7. The predicted molar refractivity (Wildman–Crippen MR) is 113 cm³/mol. The third kappa shape index (κ3) is 3.32. The van der Waals surface area contributed by atoms with Gasteiger partial charge < -0.3 is 4.74 Å². The van der Waals surface area contributed by atoms with E-state index < -0.39 is 0 Å². The van der Waals surface area contributed by atoms with Crippen LogP contribution in [0, 0.1) is 6.92 Å². The van der Waals surface area contributed by atoms with Crippen LogP contribution in [0.15, 0.2) is 89.6 Å². The summed E-state index contributed by atoms with van der Waals surface area (Å²) in [6.07, 6.45) is 1.81. The van der Waals surface area contributed by atoms with Crippen LogP contribution in [-0.2, 0) is 4.79 Å². The number of carbonyl (C=O) groups excluding carboxylic acids is 1. The third-order valence-electron chi connectivity index (χ3n) is 4.67. The summed E-state index contributed by atoms with van der Waals surface area (Å²) < 4.78 is 5.20. The number of aliphatic imine (C=N–C) groups is 1. The Bertz CT molecular complexity index is 1070. The second kappa shape index (κ2) is 7.53. The molecule has 0 unspecified atom stereocenters. The van der Waals surface area contributed by atoms with Crippen LogP contribution in [0.25, 0.3) is 6.08 Å². The predicted octanol–water partition coefficient (Wildman–Crippen LogP) is 4.84. The zero-order chi connectivity index (χ0) is 19.5. The number of nitrogens with zero attached hydrogens (tertiary/aromatic N) is 2. The molecule has 0 saturated carbocycles. The Morgan fingerprint density at radius 3 is 2.25 bits per heavy atom. The van der Waals surface area contributed by atoms with E-state index in [1.165, 1.54) is 0 Å². The van der Waals surface area contributed by atoms with Crippen LogP contribution in [-0.4, -0.2) is 18.9 Å². The molecule has 0 aromatic heterocycles. The van der Waals surface area contributed by atoms with Gasteiger partial charge in [-0.15, -0.1) is 0 Å². The van der Waals surface area contributed by atoms with E-state index in [2.05, 4.69) is 0 Å². The van der Waals surface area contributed by atoms with Crippen molar-refractivity contribution in [2.75, 3.05) is 12.0 Å². The molecule has 0 fully saturated rings. The Labute approximate surface area is 164 Å². The molecule has 0 radical (unpaired) electrons. The molecule has 0 N–H and O–H groups in total. The van der Waals surface area contributed by atoms with E-state index in [1.54, 1.807) is 12.0 Å². The number of amidine groups is 1. The monoisotopic (exact) mass is 368 g/mol. The fourth-order valence-corrected chi connectivity index (χ4v) is 3.19. The van der Waals surface area contributed by atoms with Gasteiger partial charge in [-0.3, -0.25) is 9.69 Å². The molecule has 1 aliphatic rings. The van der Waals surface area contributed by atoms with Gasteiger partial charge >= 0.3 is 0 Å². The van der Waals surface area contributed by atoms with Crippen LogP contribution in [0.1, 0.15) is 16.7 Å². The molecule has 0 bridgehead atoms. The van der Waals surface area contributed by atoms with Crippen LogP contribution in [0.5, 0.6) is 5.75 Å². The van der Waals surface area contributed by atoms with Crippen molar-refractivity contribution in [3.63, 3.8) is 0 Å². The highest BCUT2D eigenvalue weighted by molar-refractivity contribution is 6.33. The quantitative estimate of drug-likeness (QED) is 0.619. The molecule has 138 valence electrons. The van der Waals surface area contributed by atoms with Gasteiger partial charge in [0.2, 0.25) is 0 Å². The summed E-state index contributed by atoms with van der Waals surface area (Å²) in [5, 5.41) is 0. The van der Waals surface area contributed by atoms with Gasteiger partial charge in [0.25, 0.3) is 5.91 Å². The van der Waals surface area contributed by atoms with Crippen molar-refractivity contribution in [3.8, 4) is 5.75 Å². The molecule has 0 aliphatic carbocycles. The smallest absolute Gasteiger partial charge is 0.282 e. The maximum atomic E-state index is 13.3. The Morgan fingerprint density at radius 2 is 1.57 bits per heavy atom. The minimum atomic E-state index is -0.135. The molecule has 4 nitrogen and oxygen atoms in total. The summed E-state index contributed by atoms with van der Waals surface area (Å²) in [5.74, 6) is 1.28. The lowest BCUT2D eigenvalue weighted by Crippen LogP contribution is -2.33. The first-order valence-corrected chi connectivity index (χ1v) is 9.07. The average molecular weight is 368 g/mol. The second-order valence-electron chi connectivity index (χ2n) is 6.53. The number of hydrogen-bond donors (Lipinski definition) is 0. The van der Waals surface area contributed by atoms with E-state index in [0.717, 1.165) is 28.1 Å². The summed E-state index contributed by atoms with van der Waals surface area (Å²) in [7, 11) is 1.63.